The Balaban J connectivity index is 1.61. The largest absolute Gasteiger partial charge is 0.492 e. The van der Waals surface area contributed by atoms with Crippen LogP contribution >= 0.6 is 34.7 Å². The minimum absolute atomic E-state index is 0.00361. The van der Waals surface area contributed by atoms with E-state index in [-0.39, 0.29) is 11.5 Å². The Morgan fingerprint density at radius 3 is 2.88 bits per heavy atom. The Bertz CT molecular complexity index is 901. The predicted molar refractivity (Wildman–Crippen MR) is 107 cm³/mol. The zero-order valence-electron chi connectivity index (χ0n) is 13.9. The summed E-state index contributed by atoms with van der Waals surface area (Å²) in [5.41, 5.74) is 1.43. The van der Waals surface area contributed by atoms with Gasteiger partial charge in [-0.1, -0.05) is 59.0 Å². The van der Waals surface area contributed by atoms with E-state index in [4.69, 9.17) is 16.3 Å². The first-order valence-corrected chi connectivity index (χ1v) is 10.1. The molecule has 0 saturated heterocycles. The van der Waals surface area contributed by atoms with E-state index in [9.17, 15) is 4.79 Å². The molecule has 0 spiro atoms. The van der Waals surface area contributed by atoms with Crippen LogP contribution < -0.4 is 10.1 Å². The van der Waals surface area contributed by atoms with E-state index >= 15 is 0 Å². The van der Waals surface area contributed by atoms with Gasteiger partial charge in [-0.25, -0.2) is 0 Å². The number of ether oxygens (including phenoxy) is 1. The molecule has 26 heavy (non-hydrogen) atoms. The van der Waals surface area contributed by atoms with E-state index in [1.54, 1.807) is 24.3 Å². The highest BCUT2D eigenvalue weighted by Gasteiger charge is 2.11. The molecule has 0 amide bonds. The first-order valence-electron chi connectivity index (χ1n) is 7.89. The molecule has 0 aliphatic carbocycles. The van der Waals surface area contributed by atoms with Crippen molar-refractivity contribution >= 4 is 51.3 Å². The molecule has 3 aromatic rings. The van der Waals surface area contributed by atoms with Gasteiger partial charge in [0.25, 0.3) is 0 Å². The quantitative estimate of drug-likeness (QED) is 0.404. The van der Waals surface area contributed by atoms with Gasteiger partial charge in [0.1, 0.15) is 5.75 Å². The number of halogens is 1. The summed E-state index contributed by atoms with van der Waals surface area (Å²) in [6, 6.07) is 14.6. The van der Waals surface area contributed by atoms with E-state index in [2.05, 4.69) is 15.5 Å². The lowest BCUT2D eigenvalue weighted by Crippen LogP contribution is -2.01. The van der Waals surface area contributed by atoms with E-state index < -0.39 is 0 Å². The second-order valence-corrected chi connectivity index (χ2v) is 7.79. The van der Waals surface area contributed by atoms with Gasteiger partial charge >= 0.3 is 0 Å². The summed E-state index contributed by atoms with van der Waals surface area (Å²) in [6.07, 6.45) is 0. The third-order valence-corrected chi connectivity index (χ3v) is 5.52. The molecule has 0 saturated carbocycles. The molecular formula is C18H16ClN3O2S2. The smallest absolute Gasteiger partial charge is 0.210 e. The number of Topliss-reactive ketones (excluding diaryl/α,β-unsaturated/α-hetero) is 1. The van der Waals surface area contributed by atoms with Crippen LogP contribution in [-0.2, 0) is 0 Å². The summed E-state index contributed by atoms with van der Waals surface area (Å²) in [7, 11) is 0. The number of carbonyl (C=O) groups excluding carboxylic acids is 1. The van der Waals surface area contributed by atoms with E-state index in [0.29, 0.717) is 22.3 Å². The van der Waals surface area contributed by atoms with Crippen LogP contribution in [0.25, 0.3) is 0 Å². The topological polar surface area (TPSA) is 64.1 Å². The second kappa shape index (κ2) is 9.02. The molecule has 0 radical (unpaired) electrons. The number of para-hydroxylation sites is 2. The van der Waals surface area contributed by atoms with Gasteiger partial charge in [0.05, 0.1) is 18.0 Å². The lowest BCUT2D eigenvalue weighted by atomic mass is 10.1. The van der Waals surface area contributed by atoms with Crippen molar-refractivity contribution in [1.82, 2.24) is 10.2 Å². The molecule has 3 rings (SSSR count). The minimum atomic E-state index is 0.00361. The van der Waals surface area contributed by atoms with Crippen molar-refractivity contribution < 1.29 is 9.53 Å². The van der Waals surface area contributed by atoms with Crippen LogP contribution in [0.1, 0.15) is 17.3 Å². The van der Waals surface area contributed by atoms with Crippen molar-refractivity contribution in [3.63, 3.8) is 0 Å². The van der Waals surface area contributed by atoms with Gasteiger partial charge in [0.2, 0.25) is 5.13 Å². The van der Waals surface area contributed by atoms with Crippen molar-refractivity contribution in [2.75, 3.05) is 17.7 Å². The standard InChI is InChI=1S/C18H16ClN3O2S2/c1-2-24-16-9-4-3-8-14(16)20-17-21-22-18(26-17)25-11-15(23)12-6-5-7-13(19)10-12/h3-10H,2,11H2,1H3,(H,20,21). The van der Waals surface area contributed by atoms with Crippen LogP contribution in [0.4, 0.5) is 10.8 Å². The summed E-state index contributed by atoms with van der Waals surface area (Å²) >= 11 is 8.67. The number of aromatic nitrogens is 2. The summed E-state index contributed by atoms with van der Waals surface area (Å²) in [5, 5.41) is 12.7. The Morgan fingerprint density at radius 1 is 1.23 bits per heavy atom. The van der Waals surface area contributed by atoms with Crippen molar-refractivity contribution in [2.45, 2.75) is 11.3 Å². The maximum atomic E-state index is 12.2. The zero-order valence-corrected chi connectivity index (χ0v) is 16.3. The number of hydrogen-bond acceptors (Lipinski definition) is 7. The second-order valence-electron chi connectivity index (χ2n) is 5.15. The average molecular weight is 406 g/mol. The zero-order chi connectivity index (χ0) is 18.4. The van der Waals surface area contributed by atoms with E-state index in [0.717, 1.165) is 15.8 Å². The van der Waals surface area contributed by atoms with Crippen LogP contribution in [0.2, 0.25) is 5.02 Å². The van der Waals surface area contributed by atoms with E-state index in [1.165, 1.54) is 23.1 Å². The first-order chi connectivity index (χ1) is 12.7. The van der Waals surface area contributed by atoms with E-state index in [1.807, 2.05) is 31.2 Å². The van der Waals surface area contributed by atoms with Gasteiger partial charge < -0.3 is 10.1 Å². The van der Waals surface area contributed by atoms with Crippen molar-refractivity contribution in [2.24, 2.45) is 0 Å². The van der Waals surface area contributed by atoms with Crippen LogP contribution in [0, 0.1) is 0 Å². The molecule has 1 N–H and O–H groups in total. The minimum Gasteiger partial charge on any atom is -0.492 e. The maximum absolute atomic E-state index is 12.2. The van der Waals surface area contributed by atoms with Gasteiger partial charge in [-0.3, -0.25) is 4.79 Å². The number of nitrogens with one attached hydrogen (secondary N) is 1. The summed E-state index contributed by atoms with van der Waals surface area (Å²) in [5.74, 6) is 1.05. The van der Waals surface area contributed by atoms with Crippen LogP contribution in [0.5, 0.6) is 5.75 Å². The van der Waals surface area contributed by atoms with Crippen molar-refractivity contribution in [3.8, 4) is 5.75 Å². The molecular weight excluding hydrogens is 390 g/mol. The van der Waals surface area contributed by atoms with Crippen LogP contribution in [0.15, 0.2) is 52.9 Å². The Hall–Kier alpha value is -2.09. The van der Waals surface area contributed by atoms with Crippen molar-refractivity contribution in [3.05, 3.63) is 59.1 Å². The molecule has 0 unspecified atom stereocenters. The average Bonchev–Trinajstić information content (AvgIpc) is 3.09. The highest BCUT2D eigenvalue weighted by molar-refractivity contribution is 8.01. The first kappa shape index (κ1) is 18.7. The molecule has 1 heterocycles. The highest BCUT2D eigenvalue weighted by Crippen LogP contribution is 2.31. The summed E-state index contributed by atoms with van der Waals surface area (Å²) in [4.78, 5) is 12.2. The lowest BCUT2D eigenvalue weighted by Gasteiger charge is -2.09. The molecule has 0 aliphatic heterocycles. The van der Waals surface area contributed by atoms with Crippen LogP contribution in [0.3, 0.4) is 0 Å². The summed E-state index contributed by atoms with van der Waals surface area (Å²) in [6.45, 7) is 2.52. The normalized spacial score (nSPS) is 10.5. The number of nitrogens with zero attached hydrogens (tertiary/aromatic N) is 2. The highest BCUT2D eigenvalue weighted by atomic mass is 35.5. The fourth-order valence-corrected chi connectivity index (χ4v) is 4.01. The third kappa shape index (κ3) is 4.97. The molecule has 1 aromatic heterocycles. The number of ketones is 1. The molecule has 0 bridgehead atoms. The number of anilines is 2. The molecule has 0 atom stereocenters. The molecule has 0 aliphatic rings. The predicted octanol–water partition coefficient (Wildman–Crippen LogP) is 5.31. The Labute approximate surface area is 164 Å². The van der Waals surface area contributed by atoms with Gasteiger partial charge in [-0.05, 0) is 31.2 Å². The molecule has 0 fully saturated rings. The number of benzene rings is 2. The Morgan fingerprint density at radius 2 is 2.08 bits per heavy atom. The number of thioether (sulfide) groups is 1. The fraction of sp³-hybridized carbons (Fsp3) is 0.167. The monoisotopic (exact) mass is 405 g/mol. The maximum Gasteiger partial charge on any atom is 0.210 e. The Kier molecular flexibility index (Phi) is 6.49. The van der Waals surface area contributed by atoms with Crippen LogP contribution in [-0.4, -0.2) is 28.3 Å². The van der Waals surface area contributed by atoms with Gasteiger partial charge in [0.15, 0.2) is 10.1 Å². The third-order valence-electron chi connectivity index (χ3n) is 3.31. The molecule has 5 nitrogen and oxygen atoms in total. The molecule has 2 aromatic carbocycles. The van der Waals surface area contributed by atoms with Crippen molar-refractivity contribution in [1.29, 1.82) is 0 Å². The molecule has 134 valence electrons. The number of rotatable bonds is 8. The number of carbonyl (C=O) groups is 1. The summed E-state index contributed by atoms with van der Waals surface area (Å²) < 4.78 is 6.31. The van der Waals surface area contributed by atoms with Gasteiger partial charge in [0, 0.05) is 10.6 Å². The lowest BCUT2D eigenvalue weighted by molar-refractivity contribution is 0.102. The number of hydrogen-bond donors (Lipinski definition) is 1. The van der Waals surface area contributed by atoms with Gasteiger partial charge in [-0.2, -0.15) is 0 Å². The van der Waals surface area contributed by atoms with Gasteiger partial charge in [-0.15, -0.1) is 10.2 Å². The fourth-order valence-electron chi connectivity index (χ4n) is 2.16. The molecule has 8 heteroatoms. The SMILES string of the molecule is CCOc1ccccc1Nc1nnc(SCC(=O)c2cccc(Cl)c2)s1.